The molecule has 0 aliphatic heterocycles. The molecule has 12 aromatic carbocycles. The SMILES string of the molecule is Cc1cc(C)cc(N(c2cc(C)cc(C)c2)c2cc(-c3cccc4ccccc34)c3ccc4c(N(c5cc(C)cc(C)c5)c5cc(C)cc(C)c5)cc(-c5cccc6ccccc56)c5ccc2c3c54)c1. The van der Waals surface area contributed by atoms with Crippen LogP contribution in [0.4, 0.5) is 34.1 Å². The summed E-state index contributed by atoms with van der Waals surface area (Å²) >= 11 is 0. The molecule has 0 unspecified atom stereocenters. The van der Waals surface area contributed by atoms with Gasteiger partial charge in [-0.1, -0.05) is 133 Å². The minimum atomic E-state index is 1.15. The molecule has 0 aromatic heterocycles. The van der Waals surface area contributed by atoms with Crippen molar-refractivity contribution in [1.82, 2.24) is 0 Å². The smallest absolute Gasteiger partial charge is 0.0546 e. The van der Waals surface area contributed by atoms with E-state index in [0.29, 0.717) is 0 Å². The molecule has 0 N–H and O–H groups in total. The molecule has 12 rings (SSSR count). The Morgan fingerprint density at radius 1 is 0.229 bits per heavy atom. The number of fused-ring (bicyclic) bond motifs is 2. The average molecular weight is 901 g/mol. The van der Waals surface area contributed by atoms with Crippen LogP contribution in [0.5, 0.6) is 0 Å². The van der Waals surface area contributed by atoms with Gasteiger partial charge >= 0.3 is 0 Å². The van der Waals surface area contributed by atoms with Crippen LogP contribution in [0.2, 0.25) is 0 Å². The van der Waals surface area contributed by atoms with Gasteiger partial charge in [-0.2, -0.15) is 0 Å². The maximum absolute atomic E-state index is 2.53. The van der Waals surface area contributed by atoms with Crippen molar-refractivity contribution in [2.45, 2.75) is 55.4 Å². The molecule has 12 aromatic rings. The van der Waals surface area contributed by atoms with E-state index < -0.39 is 0 Å². The summed E-state index contributed by atoms with van der Waals surface area (Å²) in [6.45, 7) is 17.7. The molecule has 0 bridgehead atoms. The summed E-state index contributed by atoms with van der Waals surface area (Å²) in [5.41, 5.74) is 21.6. The van der Waals surface area contributed by atoms with Gasteiger partial charge in [-0.15, -0.1) is 0 Å². The summed E-state index contributed by atoms with van der Waals surface area (Å²) in [5, 5.41) is 12.3. The maximum Gasteiger partial charge on any atom is 0.0546 e. The van der Waals surface area contributed by atoms with Crippen molar-refractivity contribution in [2.24, 2.45) is 0 Å². The van der Waals surface area contributed by atoms with Crippen LogP contribution in [-0.4, -0.2) is 0 Å². The fourth-order valence-electron chi connectivity index (χ4n) is 11.9. The summed E-state index contributed by atoms with van der Waals surface area (Å²) in [6, 6.07) is 73.9. The Hall–Kier alpha value is -8.20. The van der Waals surface area contributed by atoms with Crippen LogP contribution < -0.4 is 9.80 Å². The molecule has 2 nitrogen and oxygen atoms in total. The third-order valence-electron chi connectivity index (χ3n) is 14.4. The third kappa shape index (κ3) is 7.34. The molecule has 0 saturated heterocycles. The Kier molecular flexibility index (Phi) is 10.3. The standard InChI is InChI=1S/C68H56N2/c1-41-27-42(2)32-51(31-41)69(52-33-43(3)28-44(4)34-52)65-39-63(57-21-13-17-49-15-9-11-19-55(49)57)59-24-26-62-66(70(53-35-45(5)29-46(6)36-53)54-37-47(7)30-48(8)38-54)40-64(60-23-25-61(65)67(59)68(60)62)58-22-14-18-50-16-10-12-20-56(50)58/h9-40H,1-8H3. The normalized spacial score (nSPS) is 11.7. The van der Waals surface area contributed by atoms with E-state index in [1.165, 1.54) is 121 Å². The van der Waals surface area contributed by atoms with Crippen molar-refractivity contribution < 1.29 is 0 Å². The molecule has 0 atom stereocenters. The lowest BCUT2D eigenvalue weighted by Gasteiger charge is -2.32. The predicted octanol–water partition coefficient (Wildman–Crippen LogP) is 19.6. The van der Waals surface area contributed by atoms with Gasteiger partial charge in [0.05, 0.1) is 11.4 Å². The van der Waals surface area contributed by atoms with Gasteiger partial charge in [-0.25, -0.2) is 0 Å². The van der Waals surface area contributed by atoms with Crippen LogP contribution >= 0.6 is 0 Å². The van der Waals surface area contributed by atoms with Crippen LogP contribution in [0.1, 0.15) is 44.5 Å². The Balaban J connectivity index is 1.31. The molecule has 0 spiro atoms. The summed E-state index contributed by atoms with van der Waals surface area (Å²) in [6.07, 6.45) is 0. The monoisotopic (exact) mass is 900 g/mol. The Morgan fingerprint density at radius 3 is 0.843 bits per heavy atom. The fourth-order valence-corrected chi connectivity index (χ4v) is 11.9. The van der Waals surface area contributed by atoms with E-state index in [4.69, 9.17) is 0 Å². The Labute approximate surface area is 412 Å². The first-order valence-corrected chi connectivity index (χ1v) is 24.6. The minimum absolute atomic E-state index is 1.15. The molecular weight excluding hydrogens is 845 g/mol. The van der Waals surface area contributed by atoms with Crippen molar-refractivity contribution in [3.05, 3.63) is 239 Å². The third-order valence-corrected chi connectivity index (χ3v) is 14.4. The number of hydrogen-bond acceptors (Lipinski definition) is 2. The molecule has 0 aliphatic rings. The molecular formula is C68H56N2. The van der Waals surface area contributed by atoms with E-state index in [1.807, 2.05) is 0 Å². The molecule has 0 radical (unpaired) electrons. The second kappa shape index (κ2) is 16.8. The predicted molar refractivity (Wildman–Crippen MR) is 303 cm³/mol. The number of benzene rings is 12. The molecule has 70 heavy (non-hydrogen) atoms. The average Bonchev–Trinajstić information content (AvgIpc) is 3.32. The molecule has 0 heterocycles. The highest BCUT2D eigenvalue weighted by atomic mass is 15.2. The molecule has 0 saturated carbocycles. The van der Waals surface area contributed by atoms with E-state index in [0.717, 1.165) is 34.1 Å². The maximum atomic E-state index is 2.53. The zero-order valence-electron chi connectivity index (χ0n) is 41.4. The fraction of sp³-hybridized carbons (Fsp3) is 0.118. The minimum Gasteiger partial charge on any atom is -0.310 e. The van der Waals surface area contributed by atoms with Crippen LogP contribution in [0.15, 0.2) is 194 Å². The van der Waals surface area contributed by atoms with Crippen LogP contribution in [-0.2, 0) is 0 Å². The van der Waals surface area contributed by atoms with Gasteiger partial charge in [0.15, 0.2) is 0 Å². The lowest BCUT2D eigenvalue weighted by atomic mass is 9.84. The highest BCUT2D eigenvalue weighted by Crippen LogP contribution is 2.53. The zero-order valence-corrected chi connectivity index (χ0v) is 41.4. The highest BCUT2D eigenvalue weighted by molar-refractivity contribution is 6.33. The first kappa shape index (κ1) is 43.1. The lowest BCUT2D eigenvalue weighted by Crippen LogP contribution is -2.13. The molecule has 338 valence electrons. The lowest BCUT2D eigenvalue weighted by molar-refractivity contribution is 1.24. The first-order chi connectivity index (χ1) is 33.9. The number of anilines is 6. The Morgan fingerprint density at radius 2 is 0.514 bits per heavy atom. The summed E-state index contributed by atoms with van der Waals surface area (Å²) in [4.78, 5) is 5.06. The number of aryl methyl sites for hydroxylation is 8. The van der Waals surface area contributed by atoms with Crippen molar-refractivity contribution in [3.63, 3.8) is 0 Å². The van der Waals surface area contributed by atoms with Crippen molar-refractivity contribution in [2.75, 3.05) is 9.80 Å². The number of rotatable bonds is 8. The van der Waals surface area contributed by atoms with E-state index >= 15 is 0 Å². The van der Waals surface area contributed by atoms with Crippen molar-refractivity contribution in [1.29, 1.82) is 0 Å². The van der Waals surface area contributed by atoms with E-state index in [1.54, 1.807) is 0 Å². The van der Waals surface area contributed by atoms with Crippen molar-refractivity contribution in [3.8, 4) is 22.3 Å². The zero-order chi connectivity index (χ0) is 47.9. The Bertz CT molecular complexity index is 3600. The second-order valence-electron chi connectivity index (χ2n) is 20.1. The largest absolute Gasteiger partial charge is 0.310 e. The first-order valence-electron chi connectivity index (χ1n) is 24.6. The topological polar surface area (TPSA) is 6.48 Å². The highest BCUT2D eigenvalue weighted by Gasteiger charge is 2.27. The van der Waals surface area contributed by atoms with Crippen LogP contribution in [0.3, 0.4) is 0 Å². The van der Waals surface area contributed by atoms with Gasteiger partial charge in [-0.05, 0) is 215 Å². The summed E-state index contributed by atoms with van der Waals surface area (Å²) in [7, 11) is 0. The van der Waals surface area contributed by atoms with Crippen LogP contribution in [0, 0.1) is 55.4 Å². The number of hydrogen-bond donors (Lipinski definition) is 0. The summed E-state index contributed by atoms with van der Waals surface area (Å²) in [5.74, 6) is 0. The van der Waals surface area contributed by atoms with Gasteiger partial charge in [0.1, 0.15) is 0 Å². The summed E-state index contributed by atoms with van der Waals surface area (Å²) < 4.78 is 0. The van der Waals surface area contributed by atoms with E-state index in [-0.39, 0.29) is 0 Å². The van der Waals surface area contributed by atoms with Crippen LogP contribution in [0.25, 0.3) is 76.1 Å². The quantitative estimate of drug-likeness (QED) is 0.140. The van der Waals surface area contributed by atoms with Gasteiger partial charge in [-0.3, -0.25) is 0 Å². The molecule has 0 aliphatic carbocycles. The molecule has 0 amide bonds. The van der Waals surface area contributed by atoms with E-state index in [2.05, 4.69) is 259 Å². The van der Waals surface area contributed by atoms with Gasteiger partial charge in [0.2, 0.25) is 0 Å². The molecule has 0 fully saturated rings. The van der Waals surface area contributed by atoms with Gasteiger partial charge in [0.25, 0.3) is 0 Å². The van der Waals surface area contributed by atoms with Crippen molar-refractivity contribution >= 4 is 88.0 Å². The number of nitrogens with zero attached hydrogens (tertiary/aromatic N) is 2. The van der Waals surface area contributed by atoms with E-state index in [9.17, 15) is 0 Å². The van der Waals surface area contributed by atoms with Gasteiger partial charge < -0.3 is 9.80 Å². The van der Waals surface area contributed by atoms with Gasteiger partial charge in [0, 0.05) is 44.3 Å². The second-order valence-corrected chi connectivity index (χ2v) is 20.1. The molecule has 2 heteroatoms.